The SMILES string of the molecule is CCN(CC)c1ccc(NC(=O)c2cc(Nc3cccc(C#N)c3)ccn2)c(C)c1. The average Bonchev–Trinajstić information content (AvgIpc) is 2.76. The molecular formula is C24H25N5O. The highest BCUT2D eigenvalue weighted by Gasteiger charge is 2.12. The minimum Gasteiger partial charge on any atom is -0.372 e. The van der Waals surface area contributed by atoms with Crippen LogP contribution in [0.2, 0.25) is 0 Å². The molecule has 1 aromatic heterocycles. The normalized spacial score (nSPS) is 10.2. The molecule has 2 aromatic carbocycles. The number of amides is 1. The molecule has 0 atom stereocenters. The summed E-state index contributed by atoms with van der Waals surface area (Å²) < 4.78 is 0. The third-order valence-electron chi connectivity index (χ3n) is 4.86. The predicted molar refractivity (Wildman–Crippen MR) is 121 cm³/mol. The number of rotatable bonds is 7. The molecule has 0 bridgehead atoms. The van der Waals surface area contributed by atoms with Crippen LogP contribution in [-0.4, -0.2) is 24.0 Å². The lowest BCUT2D eigenvalue weighted by Crippen LogP contribution is -2.22. The van der Waals surface area contributed by atoms with Gasteiger partial charge < -0.3 is 15.5 Å². The molecule has 6 nitrogen and oxygen atoms in total. The third kappa shape index (κ3) is 4.95. The lowest BCUT2D eigenvalue weighted by atomic mass is 10.1. The van der Waals surface area contributed by atoms with Crippen LogP contribution in [0.1, 0.15) is 35.5 Å². The highest BCUT2D eigenvalue weighted by Crippen LogP contribution is 2.24. The number of hydrogen-bond acceptors (Lipinski definition) is 5. The number of aryl methyl sites for hydroxylation is 1. The van der Waals surface area contributed by atoms with Crippen molar-refractivity contribution >= 4 is 28.7 Å². The number of hydrogen-bond donors (Lipinski definition) is 2. The van der Waals surface area contributed by atoms with E-state index in [2.05, 4.69) is 46.5 Å². The van der Waals surface area contributed by atoms with Crippen LogP contribution in [-0.2, 0) is 0 Å². The molecule has 1 amide bonds. The molecule has 0 saturated heterocycles. The number of nitrogens with one attached hydrogen (secondary N) is 2. The van der Waals surface area contributed by atoms with Crippen molar-refractivity contribution in [2.75, 3.05) is 28.6 Å². The van der Waals surface area contributed by atoms with Crippen LogP contribution in [0, 0.1) is 18.3 Å². The van der Waals surface area contributed by atoms with E-state index >= 15 is 0 Å². The van der Waals surface area contributed by atoms with Gasteiger partial charge >= 0.3 is 0 Å². The Hall–Kier alpha value is -3.85. The van der Waals surface area contributed by atoms with Gasteiger partial charge in [-0.05, 0) is 74.9 Å². The number of carbonyl (C=O) groups excluding carboxylic acids is 1. The van der Waals surface area contributed by atoms with Crippen molar-refractivity contribution in [3.05, 3.63) is 77.6 Å². The number of anilines is 4. The summed E-state index contributed by atoms with van der Waals surface area (Å²) in [4.78, 5) is 19.2. The van der Waals surface area contributed by atoms with Crippen LogP contribution in [0.5, 0.6) is 0 Å². The molecule has 0 radical (unpaired) electrons. The number of aromatic nitrogens is 1. The zero-order chi connectivity index (χ0) is 21.5. The molecule has 0 saturated carbocycles. The molecule has 3 aromatic rings. The van der Waals surface area contributed by atoms with E-state index in [1.807, 2.05) is 25.1 Å². The van der Waals surface area contributed by atoms with Crippen molar-refractivity contribution in [2.45, 2.75) is 20.8 Å². The van der Waals surface area contributed by atoms with Crippen LogP contribution in [0.25, 0.3) is 0 Å². The second-order valence-electron chi connectivity index (χ2n) is 6.87. The van der Waals surface area contributed by atoms with Gasteiger partial charge in [0, 0.05) is 42.0 Å². The monoisotopic (exact) mass is 399 g/mol. The van der Waals surface area contributed by atoms with Gasteiger partial charge in [0.1, 0.15) is 5.69 Å². The second-order valence-corrected chi connectivity index (χ2v) is 6.87. The first-order valence-corrected chi connectivity index (χ1v) is 9.94. The van der Waals surface area contributed by atoms with Crippen molar-refractivity contribution in [3.8, 4) is 6.07 Å². The molecular weight excluding hydrogens is 374 g/mol. The molecule has 0 aliphatic rings. The summed E-state index contributed by atoms with van der Waals surface area (Å²) in [6, 6.07) is 18.8. The summed E-state index contributed by atoms with van der Waals surface area (Å²) >= 11 is 0. The maximum Gasteiger partial charge on any atom is 0.274 e. The lowest BCUT2D eigenvalue weighted by molar-refractivity contribution is 0.102. The minimum atomic E-state index is -0.275. The Labute approximate surface area is 177 Å². The summed E-state index contributed by atoms with van der Waals surface area (Å²) in [7, 11) is 0. The van der Waals surface area contributed by atoms with Gasteiger partial charge in [0.2, 0.25) is 0 Å². The van der Waals surface area contributed by atoms with Gasteiger partial charge in [-0.1, -0.05) is 6.07 Å². The maximum absolute atomic E-state index is 12.7. The molecule has 2 N–H and O–H groups in total. The summed E-state index contributed by atoms with van der Waals surface area (Å²) in [6.45, 7) is 8.09. The fourth-order valence-corrected chi connectivity index (χ4v) is 3.23. The summed E-state index contributed by atoms with van der Waals surface area (Å²) in [5.74, 6) is -0.275. The van der Waals surface area contributed by atoms with Gasteiger partial charge in [0.25, 0.3) is 5.91 Å². The number of carbonyl (C=O) groups is 1. The molecule has 0 aliphatic heterocycles. The van der Waals surface area contributed by atoms with Gasteiger partial charge in [0.15, 0.2) is 0 Å². The number of nitriles is 1. The first kappa shape index (κ1) is 20.9. The molecule has 30 heavy (non-hydrogen) atoms. The van der Waals surface area contributed by atoms with Crippen molar-refractivity contribution in [2.24, 2.45) is 0 Å². The molecule has 0 fully saturated rings. The van der Waals surface area contributed by atoms with Gasteiger partial charge in [-0.25, -0.2) is 0 Å². The van der Waals surface area contributed by atoms with Crippen molar-refractivity contribution in [1.82, 2.24) is 4.98 Å². The third-order valence-corrected chi connectivity index (χ3v) is 4.86. The van der Waals surface area contributed by atoms with Crippen LogP contribution in [0.15, 0.2) is 60.8 Å². The standard InChI is InChI=1S/C24H25N5O/c1-4-29(5-2)21-9-10-22(17(3)13-21)28-24(30)23-15-20(11-12-26-23)27-19-8-6-7-18(14-19)16-25/h6-15H,4-5H2,1-3H3,(H,26,27)(H,28,30). The van der Waals surface area contributed by atoms with Crippen LogP contribution in [0.3, 0.4) is 0 Å². The quantitative estimate of drug-likeness (QED) is 0.577. The Balaban J connectivity index is 1.74. The first-order chi connectivity index (χ1) is 14.5. The number of benzene rings is 2. The summed E-state index contributed by atoms with van der Waals surface area (Å²) in [6.07, 6.45) is 1.59. The van der Waals surface area contributed by atoms with Crippen LogP contribution in [0.4, 0.5) is 22.7 Å². The molecule has 1 heterocycles. The van der Waals surface area contributed by atoms with Gasteiger partial charge in [-0.3, -0.25) is 9.78 Å². The van der Waals surface area contributed by atoms with Crippen LogP contribution < -0.4 is 15.5 Å². The fourth-order valence-electron chi connectivity index (χ4n) is 3.23. The first-order valence-electron chi connectivity index (χ1n) is 9.94. The highest BCUT2D eigenvalue weighted by atomic mass is 16.1. The lowest BCUT2D eigenvalue weighted by Gasteiger charge is -2.22. The van der Waals surface area contributed by atoms with Gasteiger partial charge in [-0.15, -0.1) is 0 Å². The van der Waals surface area contributed by atoms with E-state index in [0.717, 1.165) is 41.4 Å². The van der Waals surface area contributed by atoms with Crippen molar-refractivity contribution in [3.63, 3.8) is 0 Å². The fraction of sp³-hybridized carbons (Fsp3) is 0.208. The van der Waals surface area contributed by atoms with Crippen LogP contribution >= 0.6 is 0 Å². The van der Waals surface area contributed by atoms with E-state index in [1.54, 1.807) is 36.5 Å². The summed E-state index contributed by atoms with van der Waals surface area (Å²) in [5, 5.41) is 15.2. The van der Waals surface area contributed by atoms with Gasteiger partial charge in [0.05, 0.1) is 11.6 Å². The Kier molecular flexibility index (Phi) is 6.66. The predicted octanol–water partition coefficient (Wildman–Crippen LogP) is 5.10. The van der Waals surface area contributed by atoms with E-state index in [-0.39, 0.29) is 5.91 Å². The van der Waals surface area contributed by atoms with E-state index in [1.165, 1.54) is 0 Å². The highest BCUT2D eigenvalue weighted by molar-refractivity contribution is 6.04. The second kappa shape index (κ2) is 9.57. The Morgan fingerprint density at radius 1 is 1.07 bits per heavy atom. The van der Waals surface area contributed by atoms with Crippen molar-refractivity contribution < 1.29 is 4.79 Å². The van der Waals surface area contributed by atoms with E-state index in [9.17, 15) is 4.79 Å². The van der Waals surface area contributed by atoms with E-state index < -0.39 is 0 Å². The Bertz CT molecular complexity index is 1080. The Morgan fingerprint density at radius 3 is 2.53 bits per heavy atom. The Morgan fingerprint density at radius 2 is 1.83 bits per heavy atom. The zero-order valence-corrected chi connectivity index (χ0v) is 17.4. The topological polar surface area (TPSA) is 81.0 Å². The zero-order valence-electron chi connectivity index (χ0n) is 17.4. The molecule has 0 spiro atoms. The molecule has 152 valence electrons. The van der Waals surface area contributed by atoms with Crippen molar-refractivity contribution in [1.29, 1.82) is 5.26 Å². The van der Waals surface area contributed by atoms with E-state index in [4.69, 9.17) is 5.26 Å². The minimum absolute atomic E-state index is 0.275. The number of pyridine rings is 1. The smallest absolute Gasteiger partial charge is 0.274 e. The maximum atomic E-state index is 12.7. The molecule has 3 rings (SSSR count). The van der Waals surface area contributed by atoms with Gasteiger partial charge in [-0.2, -0.15) is 5.26 Å². The van der Waals surface area contributed by atoms with E-state index in [0.29, 0.717) is 11.3 Å². The summed E-state index contributed by atoms with van der Waals surface area (Å²) in [5.41, 5.74) is 5.26. The average molecular weight is 399 g/mol. The largest absolute Gasteiger partial charge is 0.372 e. The molecule has 6 heteroatoms. The molecule has 0 unspecified atom stereocenters. The molecule has 0 aliphatic carbocycles. The number of nitrogens with zero attached hydrogens (tertiary/aromatic N) is 3.